The van der Waals surface area contributed by atoms with Crippen LogP contribution >= 0.6 is 7.60 Å². The molecule has 0 amide bonds. The summed E-state index contributed by atoms with van der Waals surface area (Å²) in [4.78, 5) is 0. The van der Waals surface area contributed by atoms with Crippen LogP contribution in [0.4, 0.5) is 0 Å². The van der Waals surface area contributed by atoms with Gasteiger partial charge in [0.25, 0.3) is 0 Å². The summed E-state index contributed by atoms with van der Waals surface area (Å²) in [6.07, 6.45) is 0. The topological polar surface area (TPSA) is 65.0 Å². The van der Waals surface area contributed by atoms with Crippen LogP contribution in [0, 0.1) is 5.41 Å². The van der Waals surface area contributed by atoms with Crippen LogP contribution in [0.5, 0.6) is 5.75 Å². The second-order valence-corrected chi connectivity index (χ2v) is 8.34. The Bertz CT molecular complexity index is 507. The van der Waals surface area contributed by atoms with E-state index in [1.54, 1.807) is 31.4 Å². The third kappa shape index (κ3) is 2.77. The molecule has 1 aromatic carbocycles. The van der Waals surface area contributed by atoms with Crippen molar-refractivity contribution in [2.45, 2.75) is 26.1 Å². The van der Waals surface area contributed by atoms with E-state index in [0.29, 0.717) is 11.3 Å². The van der Waals surface area contributed by atoms with Gasteiger partial charge in [0, 0.05) is 5.41 Å². The molecule has 0 spiro atoms. The molecule has 1 atom stereocenters. The van der Waals surface area contributed by atoms with Crippen LogP contribution in [0.15, 0.2) is 24.3 Å². The molecule has 0 radical (unpaired) electrons. The standard InChI is InChI=1S/C14H21O5P/c1-13(2)9-18-20(16,19-10-13)14(3,15)11-5-7-12(17-4)8-6-11/h5-8,15H,9-10H2,1-4H3/t14-/m0/s1. The molecule has 1 aliphatic heterocycles. The van der Waals surface area contributed by atoms with E-state index in [-0.39, 0.29) is 18.6 Å². The smallest absolute Gasteiger partial charge is 0.366 e. The van der Waals surface area contributed by atoms with E-state index in [1.165, 1.54) is 6.92 Å². The molecule has 1 saturated heterocycles. The highest BCUT2D eigenvalue weighted by Crippen LogP contribution is 2.66. The molecule has 1 aromatic rings. The van der Waals surface area contributed by atoms with E-state index in [2.05, 4.69) is 0 Å². The fraction of sp³-hybridized carbons (Fsp3) is 0.571. The number of aliphatic hydroxyl groups is 1. The van der Waals surface area contributed by atoms with Crippen molar-refractivity contribution >= 4 is 7.60 Å². The normalized spacial score (nSPS) is 23.9. The van der Waals surface area contributed by atoms with Crippen LogP contribution < -0.4 is 4.74 Å². The summed E-state index contributed by atoms with van der Waals surface area (Å²) < 4.78 is 28.7. The Labute approximate surface area is 119 Å². The molecule has 1 aliphatic rings. The first-order chi connectivity index (χ1) is 9.20. The monoisotopic (exact) mass is 300 g/mol. The first kappa shape index (κ1) is 15.5. The molecule has 0 unspecified atom stereocenters. The fourth-order valence-electron chi connectivity index (χ4n) is 1.91. The summed E-state index contributed by atoms with van der Waals surface area (Å²) in [6, 6.07) is 6.71. The summed E-state index contributed by atoms with van der Waals surface area (Å²) in [5.74, 6) is 0.662. The summed E-state index contributed by atoms with van der Waals surface area (Å²) in [6.45, 7) is 5.94. The zero-order valence-corrected chi connectivity index (χ0v) is 13.1. The van der Waals surface area contributed by atoms with Gasteiger partial charge in [0.2, 0.25) is 0 Å². The van der Waals surface area contributed by atoms with Crippen molar-refractivity contribution in [1.29, 1.82) is 0 Å². The molecule has 0 saturated carbocycles. The van der Waals surface area contributed by atoms with Crippen LogP contribution in [-0.4, -0.2) is 25.4 Å². The lowest BCUT2D eigenvalue weighted by Gasteiger charge is -2.40. The Hall–Kier alpha value is -0.870. The van der Waals surface area contributed by atoms with Gasteiger partial charge < -0.3 is 18.9 Å². The third-order valence-electron chi connectivity index (χ3n) is 3.42. The number of hydrogen-bond donors (Lipinski definition) is 1. The average Bonchev–Trinajstić information content (AvgIpc) is 2.42. The highest BCUT2D eigenvalue weighted by atomic mass is 31.2. The van der Waals surface area contributed by atoms with Crippen molar-refractivity contribution in [3.8, 4) is 5.75 Å². The van der Waals surface area contributed by atoms with Crippen molar-refractivity contribution in [2.24, 2.45) is 5.41 Å². The van der Waals surface area contributed by atoms with Crippen molar-refractivity contribution in [2.75, 3.05) is 20.3 Å². The Kier molecular flexibility index (Phi) is 4.00. The van der Waals surface area contributed by atoms with E-state index < -0.39 is 12.9 Å². The Morgan fingerprint density at radius 2 is 1.75 bits per heavy atom. The van der Waals surface area contributed by atoms with Crippen LogP contribution in [0.2, 0.25) is 0 Å². The molecule has 5 nitrogen and oxygen atoms in total. The van der Waals surface area contributed by atoms with E-state index in [1.807, 2.05) is 13.8 Å². The number of rotatable bonds is 3. The molecule has 0 bridgehead atoms. The molecule has 1 fully saturated rings. The zero-order valence-electron chi connectivity index (χ0n) is 12.3. The molecule has 1 heterocycles. The quantitative estimate of drug-likeness (QED) is 0.869. The predicted octanol–water partition coefficient (Wildman–Crippen LogP) is 3.13. The minimum absolute atomic E-state index is 0.204. The lowest BCUT2D eigenvalue weighted by molar-refractivity contribution is 0.000366. The lowest BCUT2D eigenvalue weighted by Crippen LogP contribution is -2.35. The van der Waals surface area contributed by atoms with Crippen molar-refractivity contribution < 1.29 is 23.5 Å². The maximum absolute atomic E-state index is 12.8. The van der Waals surface area contributed by atoms with Gasteiger partial charge in [-0.15, -0.1) is 0 Å². The zero-order chi connectivity index (χ0) is 15.0. The Morgan fingerprint density at radius 3 is 2.20 bits per heavy atom. The van der Waals surface area contributed by atoms with Crippen LogP contribution in [0.1, 0.15) is 26.3 Å². The summed E-state index contributed by atoms with van der Waals surface area (Å²) >= 11 is 0. The van der Waals surface area contributed by atoms with Gasteiger partial charge in [0.05, 0.1) is 20.3 Å². The largest absolute Gasteiger partial charge is 0.497 e. The molecule has 2 rings (SSSR count). The fourth-order valence-corrected chi connectivity index (χ4v) is 4.00. The van der Waals surface area contributed by atoms with Gasteiger partial charge in [0.1, 0.15) is 5.75 Å². The van der Waals surface area contributed by atoms with E-state index in [9.17, 15) is 9.67 Å². The predicted molar refractivity (Wildman–Crippen MR) is 75.9 cm³/mol. The molecule has 1 N–H and O–H groups in total. The molecule has 0 aliphatic carbocycles. The van der Waals surface area contributed by atoms with E-state index in [4.69, 9.17) is 13.8 Å². The number of methoxy groups -OCH3 is 1. The van der Waals surface area contributed by atoms with Gasteiger partial charge in [-0.3, -0.25) is 4.57 Å². The van der Waals surface area contributed by atoms with Crippen molar-refractivity contribution in [1.82, 2.24) is 0 Å². The van der Waals surface area contributed by atoms with Crippen LogP contribution in [0.3, 0.4) is 0 Å². The first-order valence-electron chi connectivity index (χ1n) is 6.46. The number of hydrogen-bond acceptors (Lipinski definition) is 5. The third-order valence-corrected chi connectivity index (χ3v) is 5.68. The van der Waals surface area contributed by atoms with Crippen molar-refractivity contribution in [3.05, 3.63) is 29.8 Å². The summed E-state index contributed by atoms with van der Waals surface area (Å²) in [5.41, 5.74) is 0.269. The Balaban J connectivity index is 2.27. The highest BCUT2D eigenvalue weighted by molar-refractivity contribution is 7.54. The maximum atomic E-state index is 12.8. The minimum atomic E-state index is -3.63. The van der Waals surface area contributed by atoms with Gasteiger partial charge in [0.15, 0.2) is 5.34 Å². The molecule has 112 valence electrons. The van der Waals surface area contributed by atoms with Gasteiger partial charge >= 0.3 is 7.60 Å². The van der Waals surface area contributed by atoms with Gasteiger partial charge in [-0.05, 0) is 24.6 Å². The molecule has 20 heavy (non-hydrogen) atoms. The second-order valence-electron chi connectivity index (χ2n) is 5.96. The average molecular weight is 300 g/mol. The first-order valence-corrected chi connectivity index (χ1v) is 8.01. The molecule has 6 heteroatoms. The molecule has 0 aromatic heterocycles. The SMILES string of the molecule is COc1ccc([C@@](C)(O)P2(=O)OCC(C)(C)CO2)cc1. The van der Waals surface area contributed by atoms with Crippen molar-refractivity contribution in [3.63, 3.8) is 0 Å². The second kappa shape index (κ2) is 5.15. The maximum Gasteiger partial charge on any atom is 0.366 e. The molecular weight excluding hydrogens is 279 g/mol. The molecular formula is C14H21O5P. The highest BCUT2D eigenvalue weighted by Gasteiger charge is 2.51. The van der Waals surface area contributed by atoms with Crippen LogP contribution in [-0.2, 0) is 19.0 Å². The Morgan fingerprint density at radius 1 is 1.25 bits per heavy atom. The van der Waals surface area contributed by atoms with Gasteiger partial charge in [-0.2, -0.15) is 0 Å². The summed E-state index contributed by atoms with van der Waals surface area (Å²) in [7, 11) is -2.07. The van der Waals surface area contributed by atoms with Crippen LogP contribution in [0.25, 0.3) is 0 Å². The summed E-state index contributed by atoms with van der Waals surface area (Å²) in [5, 5.41) is 8.96. The number of ether oxygens (including phenoxy) is 1. The van der Waals surface area contributed by atoms with E-state index in [0.717, 1.165) is 0 Å². The van der Waals surface area contributed by atoms with E-state index >= 15 is 0 Å². The van der Waals surface area contributed by atoms with Gasteiger partial charge in [-0.1, -0.05) is 26.0 Å². The lowest BCUT2D eigenvalue weighted by atomic mass is 9.97. The number of benzene rings is 1. The van der Waals surface area contributed by atoms with Gasteiger partial charge in [-0.25, -0.2) is 0 Å². The minimum Gasteiger partial charge on any atom is -0.497 e.